The molecular weight excluding hydrogens is 268 g/mol. The molecule has 0 amide bonds. The van der Waals surface area contributed by atoms with E-state index in [9.17, 15) is 15.2 Å². The molecule has 1 N–H and O–H groups in total. The van der Waals surface area contributed by atoms with Crippen molar-refractivity contribution in [1.29, 1.82) is 0 Å². The zero-order chi connectivity index (χ0) is 15.2. The summed E-state index contributed by atoms with van der Waals surface area (Å²) in [5.74, 6) is 0. The summed E-state index contributed by atoms with van der Waals surface area (Å²) in [6.07, 6.45) is 0.874. The van der Waals surface area contributed by atoms with Crippen LogP contribution in [0.15, 0.2) is 48.5 Å². The molecule has 0 aliphatic heterocycles. The van der Waals surface area contributed by atoms with Crippen molar-refractivity contribution in [2.45, 2.75) is 13.0 Å². The van der Waals surface area contributed by atoms with Crippen molar-refractivity contribution >= 4 is 11.4 Å². The number of likely N-dealkylation sites (N-methyl/N-ethyl adjacent to an activating group) is 1. The Kier molecular flexibility index (Phi) is 4.90. The van der Waals surface area contributed by atoms with Crippen molar-refractivity contribution in [1.82, 2.24) is 0 Å². The van der Waals surface area contributed by atoms with Crippen molar-refractivity contribution in [2.75, 3.05) is 18.5 Å². The number of nitrogens with zero attached hydrogens (tertiary/aromatic N) is 2. The summed E-state index contributed by atoms with van der Waals surface area (Å²) in [5, 5.41) is 20.2. The van der Waals surface area contributed by atoms with E-state index in [-0.39, 0.29) is 12.3 Å². The van der Waals surface area contributed by atoms with Gasteiger partial charge in [-0.05, 0) is 18.1 Å². The van der Waals surface area contributed by atoms with Crippen LogP contribution in [0.4, 0.5) is 11.4 Å². The minimum Gasteiger partial charge on any atom is -0.392 e. The predicted molar refractivity (Wildman–Crippen MR) is 82.4 cm³/mol. The predicted octanol–water partition coefficient (Wildman–Crippen LogP) is 2.77. The first-order chi connectivity index (χ1) is 10.1. The number of benzene rings is 2. The van der Waals surface area contributed by atoms with Gasteiger partial charge < -0.3 is 10.0 Å². The molecule has 0 heterocycles. The summed E-state index contributed by atoms with van der Waals surface area (Å²) < 4.78 is 0. The number of nitro groups is 1. The Bertz CT molecular complexity index is 614. The minimum atomic E-state index is -0.451. The van der Waals surface area contributed by atoms with E-state index in [1.165, 1.54) is 17.7 Å². The average molecular weight is 286 g/mol. The van der Waals surface area contributed by atoms with Gasteiger partial charge in [0.15, 0.2) is 0 Å². The van der Waals surface area contributed by atoms with Crippen LogP contribution < -0.4 is 4.90 Å². The molecule has 2 aromatic rings. The van der Waals surface area contributed by atoms with Crippen LogP contribution in [0.25, 0.3) is 0 Å². The fraction of sp³-hybridized carbons (Fsp3) is 0.250. The highest BCUT2D eigenvalue weighted by Crippen LogP contribution is 2.25. The topological polar surface area (TPSA) is 66.6 Å². The molecule has 0 saturated heterocycles. The molecule has 0 aliphatic carbocycles. The highest BCUT2D eigenvalue weighted by molar-refractivity contribution is 5.57. The van der Waals surface area contributed by atoms with Gasteiger partial charge in [-0.3, -0.25) is 10.1 Å². The van der Waals surface area contributed by atoms with Crippen molar-refractivity contribution in [3.8, 4) is 0 Å². The summed E-state index contributed by atoms with van der Waals surface area (Å²) in [5.41, 5.74) is 2.62. The fourth-order valence-electron chi connectivity index (χ4n) is 2.25. The molecule has 21 heavy (non-hydrogen) atoms. The lowest BCUT2D eigenvalue weighted by molar-refractivity contribution is -0.384. The van der Waals surface area contributed by atoms with Crippen molar-refractivity contribution in [3.63, 3.8) is 0 Å². The highest BCUT2D eigenvalue weighted by Gasteiger charge is 2.13. The molecule has 0 spiro atoms. The third kappa shape index (κ3) is 3.79. The molecule has 110 valence electrons. The standard InChI is InChI=1S/C16H18N2O3/c1-17(10-9-13-5-3-2-4-6-13)16-8-7-15(18(20)21)11-14(16)12-19/h2-8,11,19H,9-10,12H2,1H3. The third-order valence-electron chi connectivity index (χ3n) is 3.43. The van der Waals surface area contributed by atoms with Gasteiger partial charge in [0, 0.05) is 37.0 Å². The van der Waals surface area contributed by atoms with Gasteiger partial charge in [0.25, 0.3) is 5.69 Å². The van der Waals surface area contributed by atoms with Crippen molar-refractivity contribution < 1.29 is 10.0 Å². The van der Waals surface area contributed by atoms with E-state index in [0.717, 1.165) is 18.7 Å². The van der Waals surface area contributed by atoms with Gasteiger partial charge >= 0.3 is 0 Å². The summed E-state index contributed by atoms with van der Waals surface area (Å²) in [7, 11) is 1.92. The molecule has 0 unspecified atom stereocenters. The molecule has 0 saturated carbocycles. The number of anilines is 1. The Morgan fingerprint density at radius 1 is 1.19 bits per heavy atom. The fourth-order valence-corrected chi connectivity index (χ4v) is 2.25. The van der Waals surface area contributed by atoms with Gasteiger partial charge in [0.2, 0.25) is 0 Å². The molecule has 5 nitrogen and oxygen atoms in total. The number of hydrogen-bond acceptors (Lipinski definition) is 4. The minimum absolute atomic E-state index is 0.000686. The number of rotatable bonds is 6. The van der Waals surface area contributed by atoms with E-state index in [1.807, 2.05) is 30.1 Å². The van der Waals surface area contributed by atoms with Crippen LogP contribution in [0.2, 0.25) is 0 Å². The first-order valence-corrected chi connectivity index (χ1v) is 6.75. The van der Waals surface area contributed by atoms with Crippen LogP contribution in [-0.4, -0.2) is 23.6 Å². The van der Waals surface area contributed by atoms with Gasteiger partial charge in [0.1, 0.15) is 0 Å². The molecule has 0 fully saturated rings. The Balaban J connectivity index is 2.11. The Morgan fingerprint density at radius 2 is 1.90 bits per heavy atom. The van der Waals surface area contributed by atoms with Gasteiger partial charge in [-0.2, -0.15) is 0 Å². The normalized spacial score (nSPS) is 10.4. The quantitative estimate of drug-likeness (QED) is 0.655. The summed E-state index contributed by atoms with van der Waals surface area (Å²) >= 11 is 0. The van der Waals surface area contributed by atoms with Crippen LogP contribution in [0, 0.1) is 10.1 Å². The largest absolute Gasteiger partial charge is 0.392 e. The zero-order valence-electron chi connectivity index (χ0n) is 11.9. The first kappa shape index (κ1) is 15.0. The van der Waals surface area contributed by atoms with Crippen LogP contribution >= 0.6 is 0 Å². The van der Waals surface area contributed by atoms with Gasteiger partial charge in [0.05, 0.1) is 11.5 Å². The maximum absolute atomic E-state index is 10.8. The van der Waals surface area contributed by atoms with E-state index in [2.05, 4.69) is 12.1 Å². The second-order valence-corrected chi connectivity index (χ2v) is 4.89. The lowest BCUT2D eigenvalue weighted by atomic mass is 10.1. The summed E-state index contributed by atoms with van der Waals surface area (Å²) in [4.78, 5) is 12.3. The number of aliphatic hydroxyl groups excluding tert-OH is 1. The van der Waals surface area contributed by atoms with Gasteiger partial charge in [-0.15, -0.1) is 0 Å². The summed E-state index contributed by atoms with van der Waals surface area (Å²) in [6.45, 7) is 0.557. The summed E-state index contributed by atoms with van der Waals surface area (Å²) in [6, 6.07) is 14.7. The highest BCUT2D eigenvalue weighted by atomic mass is 16.6. The molecule has 2 aromatic carbocycles. The molecule has 0 atom stereocenters. The van der Waals surface area contributed by atoms with E-state index < -0.39 is 4.92 Å². The van der Waals surface area contributed by atoms with E-state index in [1.54, 1.807) is 6.07 Å². The van der Waals surface area contributed by atoms with E-state index >= 15 is 0 Å². The van der Waals surface area contributed by atoms with Crippen LogP contribution in [-0.2, 0) is 13.0 Å². The molecular formula is C16H18N2O3. The van der Waals surface area contributed by atoms with Gasteiger partial charge in [-0.25, -0.2) is 0 Å². The molecule has 0 radical (unpaired) electrons. The molecule has 0 aromatic heterocycles. The third-order valence-corrected chi connectivity index (χ3v) is 3.43. The molecule has 2 rings (SSSR count). The maximum atomic E-state index is 10.8. The average Bonchev–Trinajstić information content (AvgIpc) is 2.52. The van der Waals surface area contributed by atoms with Crippen molar-refractivity contribution in [2.24, 2.45) is 0 Å². The van der Waals surface area contributed by atoms with Crippen LogP contribution in [0.5, 0.6) is 0 Å². The van der Waals surface area contributed by atoms with E-state index in [0.29, 0.717) is 5.56 Å². The second-order valence-electron chi connectivity index (χ2n) is 4.89. The van der Waals surface area contributed by atoms with Crippen LogP contribution in [0.1, 0.15) is 11.1 Å². The van der Waals surface area contributed by atoms with Crippen molar-refractivity contribution in [3.05, 3.63) is 69.8 Å². The lowest BCUT2D eigenvalue weighted by Gasteiger charge is -2.22. The zero-order valence-corrected chi connectivity index (χ0v) is 11.9. The number of hydrogen-bond donors (Lipinski definition) is 1. The molecule has 5 heteroatoms. The number of non-ortho nitro benzene ring substituents is 1. The molecule has 0 bridgehead atoms. The SMILES string of the molecule is CN(CCc1ccccc1)c1ccc([N+](=O)[O-])cc1CO. The monoisotopic (exact) mass is 286 g/mol. The Hall–Kier alpha value is -2.40. The van der Waals surface area contributed by atoms with Gasteiger partial charge in [-0.1, -0.05) is 30.3 Å². The Labute approximate surface area is 123 Å². The maximum Gasteiger partial charge on any atom is 0.269 e. The Morgan fingerprint density at radius 3 is 2.52 bits per heavy atom. The second kappa shape index (κ2) is 6.85. The smallest absolute Gasteiger partial charge is 0.269 e. The van der Waals surface area contributed by atoms with Crippen LogP contribution in [0.3, 0.4) is 0 Å². The van der Waals surface area contributed by atoms with E-state index in [4.69, 9.17) is 0 Å². The number of aliphatic hydroxyl groups is 1. The molecule has 0 aliphatic rings. The number of nitro benzene ring substituents is 1. The lowest BCUT2D eigenvalue weighted by Crippen LogP contribution is -2.21. The first-order valence-electron chi connectivity index (χ1n) is 6.75.